The molecule has 4 rings (SSSR count). The molecule has 0 unspecified atom stereocenters. The van der Waals surface area contributed by atoms with Gasteiger partial charge in [0, 0.05) is 5.56 Å². The van der Waals surface area contributed by atoms with E-state index in [-0.39, 0.29) is 0 Å². The van der Waals surface area contributed by atoms with Crippen molar-refractivity contribution in [3.63, 3.8) is 0 Å². The summed E-state index contributed by atoms with van der Waals surface area (Å²) in [5.74, 6) is 1.91. The molecule has 0 aliphatic carbocycles. The topological polar surface area (TPSA) is 72.9 Å². The average molecular weight is 472 g/mol. The van der Waals surface area contributed by atoms with Gasteiger partial charge in [-0.2, -0.15) is 5.21 Å². The molecule has 1 heterocycles. The molecule has 1 N–H and O–H groups in total. The maximum absolute atomic E-state index is 6.19. The fourth-order valence-electron chi connectivity index (χ4n) is 2.95. The van der Waals surface area contributed by atoms with Gasteiger partial charge in [0.1, 0.15) is 6.61 Å². The van der Waals surface area contributed by atoms with Gasteiger partial charge in [-0.15, -0.1) is 10.2 Å². The number of nitrogens with zero attached hydrogens (tertiary/aromatic N) is 3. The van der Waals surface area contributed by atoms with Crippen LogP contribution >= 0.6 is 22.6 Å². The standard InChI is InChI=1S/C20H17IN4O2/c1-2-26-18-11-15(20-22-24-25-23-20)10-17(21)19(18)27-12-14-8-5-7-13-6-3-4-9-16(13)14/h3-11H,2,12H2,1H3,(H,22,23,24,25). The molecule has 0 spiro atoms. The lowest BCUT2D eigenvalue weighted by molar-refractivity contribution is 0.268. The molecule has 136 valence electrons. The van der Waals surface area contributed by atoms with Gasteiger partial charge < -0.3 is 9.47 Å². The molecule has 0 saturated carbocycles. The Labute approximate surface area is 170 Å². The molecular formula is C20H17IN4O2. The number of fused-ring (bicyclic) bond motifs is 1. The fraction of sp³-hybridized carbons (Fsp3) is 0.150. The van der Waals surface area contributed by atoms with Crippen LogP contribution in [0.4, 0.5) is 0 Å². The second kappa shape index (κ2) is 7.91. The summed E-state index contributed by atoms with van der Waals surface area (Å²) in [5, 5.41) is 16.6. The monoisotopic (exact) mass is 472 g/mol. The lowest BCUT2D eigenvalue weighted by atomic mass is 10.1. The van der Waals surface area contributed by atoms with Crippen molar-refractivity contribution in [2.75, 3.05) is 6.61 Å². The van der Waals surface area contributed by atoms with Gasteiger partial charge in [0.2, 0.25) is 5.82 Å². The molecule has 7 heteroatoms. The Bertz CT molecular complexity index is 1060. The number of aromatic nitrogens is 4. The van der Waals surface area contributed by atoms with E-state index >= 15 is 0 Å². The van der Waals surface area contributed by atoms with E-state index in [0.717, 1.165) is 20.4 Å². The van der Waals surface area contributed by atoms with Gasteiger partial charge in [0.25, 0.3) is 0 Å². The highest BCUT2D eigenvalue weighted by Gasteiger charge is 2.15. The van der Waals surface area contributed by atoms with Crippen molar-refractivity contribution in [1.82, 2.24) is 20.6 Å². The molecule has 3 aromatic carbocycles. The Kier molecular flexibility index (Phi) is 5.19. The fourth-order valence-corrected chi connectivity index (χ4v) is 3.71. The zero-order chi connectivity index (χ0) is 18.6. The minimum atomic E-state index is 0.457. The van der Waals surface area contributed by atoms with Gasteiger partial charge in [-0.1, -0.05) is 42.5 Å². The van der Waals surface area contributed by atoms with E-state index in [4.69, 9.17) is 9.47 Å². The molecule has 0 aliphatic rings. The molecular weight excluding hydrogens is 455 g/mol. The highest BCUT2D eigenvalue weighted by Crippen LogP contribution is 2.37. The number of benzene rings is 3. The van der Waals surface area contributed by atoms with Crippen LogP contribution in [0.1, 0.15) is 12.5 Å². The number of nitrogens with one attached hydrogen (secondary N) is 1. The summed E-state index contributed by atoms with van der Waals surface area (Å²) >= 11 is 2.25. The van der Waals surface area contributed by atoms with Gasteiger partial charge in [0.15, 0.2) is 11.5 Å². The molecule has 6 nitrogen and oxygen atoms in total. The van der Waals surface area contributed by atoms with E-state index in [2.05, 4.69) is 73.5 Å². The van der Waals surface area contributed by atoms with Crippen LogP contribution in [0.25, 0.3) is 22.2 Å². The zero-order valence-corrected chi connectivity index (χ0v) is 16.8. The first-order valence-corrected chi connectivity index (χ1v) is 9.63. The molecule has 0 radical (unpaired) electrons. The van der Waals surface area contributed by atoms with Crippen molar-refractivity contribution < 1.29 is 9.47 Å². The smallest absolute Gasteiger partial charge is 0.204 e. The van der Waals surface area contributed by atoms with Crippen molar-refractivity contribution in [3.05, 3.63) is 63.7 Å². The summed E-state index contributed by atoms with van der Waals surface area (Å²) in [6.45, 7) is 2.94. The second-order valence-electron chi connectivity index (χ2n) is 5.88. The second-order valence-corrected chi connectivity index (χ2v) is 7.04. The van der Waals surface area contributed by atoms with Crippen molar-refractivity contribution in [2.24, 2.45) is 0 Å². The maximum Gasteiger partial charge on any atom is 0.204 e. The summed E-state index contributed by atoms with van der Waals surface area (Å²) in [7, 11) is 0. The Hall–Kier alpha value is -2.68. The van der Waals surface area contributed by atoms with Crippen molar-refractivity contribution in [3.8, 4) is 22.9 Å². The Morgan fingerprint density at radius 3 is 2.70 bits per heavy atom. The predicted molar refractivity (Wildman–Crippen MR) is 112 cm³/mol. The minimum absolute atomic E-state index is 0.457. The van der Waals surface area contributed by atoms with Gasteiger partial charge >= 0.3 is 0 Å². The normalized spacial score (nSPS) is 10.9. The van der Waals surface area contributed by atoms with Crippen LogP contribution in [0.2, 0.25) is 0 Å². The predicted octanol–water partition coefficient (Wildman–Crippen LogP) is 4.60. The van der Waals surface area contributed by atoms with Gasteiger partial charge in [-0.25, -0.2) is 0 Å². The molecule has 0 bridgehead atoms. The number of hydrogen-bond donors (Lipinski definition) is 1. The third kappa shape index (κ3) is 3.73. The van der Waals surface area contributed by atoms with Crippen LogP contribution in [0.3, 0.4) is 0 Å². The summed E-state index contributed by atoms with van der Waals surface area (Å²) in [5.41, 5.74) is 1.96. The Morgan fingerprint density at radius 1 is 1.04 bits per heavy atom. The van der Waals surface area contributed by atoms with Crippen LogP contribution in [-0.2, 0) is 6.61 Å². The van der Waals surface area contributed by atoms with Crippen LogP contribution in [-0.4, -0.2) is 27.2 Å². The number of hydrogen-bond acceptors (Lipinski definition) is 5. The number of rotatable bonds is 6. The quantitative estimate of drug-likeness (QED) is 0.416. The highest BCUT2D eigenvalue weighted by molar-refractivity contribution is 14.1. The first kappa shape index (κ1) is 17.7. The molecule has 0 atom stereocenters. The molecule has 4 aromatic rings. The van der Waals surface area contributed by atoms with Crippen LogP contribution in [0.5, 0.6) is 11.5 Å². The van der Waals surface area contributed by atoms with E-state index in [1.807, 2.05) is 31.2 Å². The molecule has 27 heavy (non-hydrogen) atoms. The SMILES string of the molecule is CCOc1cc(-c2nn[nH]n2)cc(I)c1OCc1cccc2ccccc12. The summed E-state index contributed by atoms with van der Waals surface area (Å²) in [4.78, 5) is 0. The number of aromatic amines is 1. The minimum Gasteiger partial charge on any atom is -0.490 e. The Balaban J connectivity index is 1.66. The average Bonchev–Trinajstić information content (AvgIpc) is 3.22. The molecule has 0 fully saturated rings. The molecule has 1 aromatic heterocycles. The zero-order valence-electron chi connectivity index (χ0n) is 14.6. The first-order chi connectivity index (χ1) is 13.3. The van der Waals surface area contributed by atoms with Gasteiger partial charge in [0.05, 0.1) is 10.2 Å². The third-order valence-corrected chi connectivity index (χ3v) is 4.97. The van der Waals surface area contributed by atoms with E-state index in [9.17, 15) is 0 Å². The maximum atomic E-state index is 6.19. The largest absolute Gasteiger partial charge is 0.490 e. The molecule has 0 saturated heterocycles. The van der Waals surface area contributed by atoms with Gasteiger partial charge in [-0.05, 0) is 63.2 Å². The summed E-state index contributed by atoms with van der Waals surface area (Å²) in [6, 6.07) is 18.4. The van der Waals surface area contributed by atoms with E-state index in [1.54, 1.807) is 0 Å². The highest BCUT2D eigenvalue weighted by atomic mass is 127. The molecule has 0 aliphatic heterocycles. The van der Waals surface area contributed by atoms with Gasteiger partial charge in [-0.3, -0.25) is 0 Å². The van der Waals surface area contributed by atoms with Crippen molar-refractivity contribution in [1.29, 1.82) is 0 Å². The number of halogens is 1. The van der Waals surface area contributed by atoms with E-state index < -0.39 is 0 Å². The van der Waals surface area contributed by atoms with E-state index in [1.165, 1.54) is 10.8 Å². The van der Waals surface area contributed by atoms with Crippen molar-refractivity contribution >= 4 is 33.4 Å². The number of tetrazole rings is 1. The first-order valence-electron chi connectivity index (χ1n) is 8.56. The summed E-state index contributed by atoms with van der Waals surface area (Å²) in [6.07, 6.45) is 0. The summed E-state index contributed by atoms with van der Waals surface area (Å²) < 4.78 is 12.9. The van der Waals surface area contributed by atoms with Crippen LogP contribution in [0.15, 0.2) is 54.6 Å². The van der Waals surface area contributed by atoms with Crippen LogP contribution in [0, 0.1) is 3.57 Å². The van der Waals surface area contributed by atoms with Crippen molar-refractivity contribution in [2.45, 2.75) is 13.5 Å². The van der Waals surface area contributed by atoms with Crippen LogP contribution < -0.4 is 9.47 Å². The number of H-pyrrole nitrogens is 1. The number of ether oxygens (including phenoxy) is 2. The third-order valence-electron chi connectivity index (χ3n) is 4.16. The lowest BCUT2D eigenvalue weighted by Crippen LogP contribution is -2.02. The van der Waals surface area contributed by atoms with E-state index in [0.29, 0.717) is 24.8 Å². The lowest BCUT2D eigenvalue weighted by Gasteiger charge is -2.15. The Morgan fingerprint density at radius 2 is 1.89 bits per heavy atom. The molecule has 0 amide bonds.